The van der Waals surface area contributed by atoms with E-state index >= 15 is 0 Å². The van der Waals surface area contributed by atoms with E-state index in [0.29, 0.717) is 33.3 Å². The molecule has 2 N–H and O–H groups in total. The number of carbonyl (C=O) groups is 1. The van der Waals surface area contributed by atoms with Gasteiger partial charge in [0.15, 0.2) is 5.60 Å². The minimum Gasteiger partial charge on any atom is -0.372 e. The Balaban J connectivity index is 1.78. The molecule has 1 atom stereocenters. The van der Waals surface area contributed by atoms with Crippen LogP contribution in [0.4, 0.5) is 5.69 Å². The van der Waals surface area contributed by atoms with Crippen molar-refractivity contribution in [2.24, 2.45) is 0 Å². The van der Waals surface area contributed by atoms with Crippen molar-refractivity contribution >= 4 is 22.4 Å². The van der Waals surface area contributed by atoms with Gasteiger partial charge in [0.1, 0.15) is 0 Å². The predicted octanol–water partition coefficient (Wildman–Crippen LogP) is 3.68. The Morgan fingerprint density at radius 1 is 0.933 bits per heavy atom. The molecule has 0 saturated heterocycles. The quantitative estimate of drug-likeness (QED) is 0.545. The molecular weight excluding hydrogens is 380 g/mol. The summed E-state index contributed by atoms with van der Waals surface area (Å²) >= 11 is 0. The van der Waals surface area contributed by atoms with Crippen molar-refractivity contribution in [2.45, 2.75) is 19.4 Å². The molecule has 0 radical (unpaired) electrons. The third-order valence-corrected chi connectivity index (χ3v) is 5.14. The summed E-state index contributed by atoms with van der Waals surface area (Å²) in [5, 5.41) is 19.1. The molecule has 6 nitrogen and oxygen atoms in total. The first-order valence-corrected chi connectivity index (χ1v) is 9.46. The van der Waals surface area contributed by atoms with Gasteiger partial charge in [0.2, 0.25) is 0 Å². The molecule has 3 aromatic carbocycles. The molecule has 0 aliphatic heterocycles. The Labute approximate surface area is 172 Å². The molecule has 0 fully saturated rings. The third-order valence-electron chi connectivity index (χ3n) is 5.14. The molecular formula is C24H20N2O4. The van der Waals surface area contributed by atoms with E-state index in [4.69, 9.17) is 4.52 Å². The Morgan fingerprint density at radius 2 is 1.60 bits per heavy atom. The van der Waals surface area contributed by atoms with Gasteiger partial charge in [-0.3, -0.25) is 4.79 Å². The fourth-order valence-electron chi connectivity index (χ4n) is 3.43. The fourth-order valence-corrected chi connectivity index (χ4v) is 3.43. The van der Waals surface area contributed by atoms with Crippen LogP contribution in [-0.2, 0) is 10.4 Å². The van der Waals surface area contributed by atoms with Gasteiger partial charge < -0.3 is 14.9 Å². The first-order valence-electron chi connectivity index (χ1n) is 9.46. The van der Waals surface area contributed by atoms with Crippen molar-refractivity contribution in [3.63, 3.8) is 0 Å². The van der Waals surface area contributed by atoms with Gasteiger partial charge in [0.05, 0.1) is 11.1 Å². The monoisotopic (exact) mass is 400 g/mol. The van der Waals surface area contributed by atoms with Crippen LogP contribution in [0, 0.1) is 13.8 Å². The number of nitrogens with one attached hydrogen (secondary N) is 1. The highest BCUT2D eigenvalue weighted by molar-refractivity contribution is 6.01. The molecule has 30 heavy (non-hydrogen) atoms. The molecule has 150 valence electrons. The Morgan fingerprint density at radius 3 is 2.30 bits per heavy atom. The van der Waals surface area contributed by atoms with Gasteiger partial charge >= 0.3 is 5.63 Å². The second-order valence-electron chi connectivity index (χ2n) is 7.21. The number of carbonyl (C=O) groups excluding carboxylic acids is 1. The largest absolute Gasteiger partial charge is 0.372 e. The first kappa shape index (κ1) is 19.5. The molecule has 0 saturated carbocycles. The van der Waals surface area contributed by atoms with E-state index < -0.39 is 17.1 Å². The van der Waals surface area contributed by atoms with E-state index in [0.717, 1.165) is 5.56 Å². The number of rotatable bonds is 4. The molecule has 0 aliphatic rings. The lowest BCUT2D eigenvalue weighted by Gasteiger charge is -2.28. The van der Waals surface area contributed by atoms with Crippen LogP contribution in [0.1, 0.15) is 22.4 Å². The van der Waals surface area contributed by atoms with Crippen LogP contribution < -0.4 is 10.9 Å². The van der Waals surface area contributed by atoms with Crippen LogP contribution >= 0.6 is 0 Å². The molecule has 6 heteroatoms. The van der Waals surface area contributed by atoms with Gasteiger partial charge in [0, 0.05) is 11.1 Å². The van der Waals surface area contributed by atoms with Crippen LogP contribution in [0.25, 0.3) is 10.8 Å². The summed E-state index contributed by atoms with van der Waals surface area (Å²) in [5.74, 6) is -0.606. The lowest BCUT2D eigenvalue weighted by atomic mass is 9.85. The number of anilines is 1. The van der Waals surface area contributed by atoms with E-state index in [1.807, 2.05) is 25.1 Å². The highest BCUT2D eigenvalue weighted by atomic mass is 16.5. The van der Waals surface area contributed by atoms with Crippen LogP contribution in [0.3, 0.4) is 0 Å². The molecule has 0 aliphatic carbocycles. The average Bonchev–Trinajstić information content (AvgIpc) is 2.77. The summed E-state index contributed by atoms with van der Waals surface area (Å²) in [4.78, 5) is 25.2. The molecule has 0 bridgehead atoms. The zero-order valence-corrected chi connectivity index (χ0v) is 16.5. The molecule has 1 heterocycles. The molecule has 0 spiro atoms. The zero-order valence-electron chi connectivity index (χ0n) is 16.5. The number of hydrogen-bond acceptors (Lipinski definition) is 5. The summed E-state index contributed by atoms with van der Waals surface area (Å²) in [5.41, 5.74) is 0.441. The van der Waals surface area contributed by atoms with Crippen molar-refractivity contribution < 1.29 is 14.4 Å². The number of fused-ring (bicyclic) bond motifs is 1. The third kappa shape index (κ3) is 3.38. The summed E-state index contributed by atoms with van der Waals surface area (Å²) in [6.07, 6.45) is 0. The van der Waals surface area contributed by atoms with Gasteiger partial charge in [0.25, 0.3) is 5.91 Å². The number of aromatic nitrogens is 1. The molecule has 1 amide bonds. The van der Waals surface area contributed by atoms with Gasteiger partial charge in [-0.05, 0) is 43.2 Å². The highest BCUT2D eigenvalue weighted by Crippen LogP contribution is 2.32. The smallest absolute Gasteiger partial charge is 0.366 e. The lowest BCUT2D eigenvalue weighted by molar-refractivity contribution is -0.131. The zero-order chi connectivity index (χ0) is 21.3. The van der Waals surface area contributed by atoms with E-state index in [-0.39, 0.29) is 0 Å². The average molecular weight is 400 g/mol. The SMILES string of the molecule is Cc1ccc(C(O)(C(=O)Nc2ccc3c(=O)onc(C)c3c2)c2ccccc2)cc1. The van der Waals surface area contributed by atoms with Crippen molar-refractivity contribution in [1.82, 2.24) is 5.16 Å². The molecule has 4 aromatic rings. The predicted molar refractivity (Wildman–Crippen MR) is 114 cm³/mol. The van der Waals surface area contributed by atoms with Gasteiger partial charge in [-0.15, -0.1) is 0 Å². The van der Waals surface area contributed by atoms with Crippen LogP contribution in [0.15, 0.2) is 82.1 Å². The molecule has 1 unspecified atom stereocenters. The first-order chi connectivity index (χ1) is 14.4. The number of aryl methyl sites for hydroxylation is 2. The topological polar surface area (TPSA) is 92.4 Å². The van der Waals surface area contributed by atoms with Crippen LogP contribution in [-0.4, -0.2) is 16.2 Å². The maximum absolute atomic E-state index is 13.4. The van der Waals surface area contributed by atoms with Crippen molar-refractivity contribution in [3.05, 3.63) is 106 Å². The number of aliphatic hydroxyl groups is 1. The minimum absolute atomic E-state index is 0.373. The Bertz CT molecular complexity index is 1280. The van der Waals surface area contributed by atoms with Gasteiger partial charge in [-0.1, -0.05) is 65.3 Å². The van der Waals surface area contributed by atoms with E-state index in [9.17, 15) is 14.7 Å². The summed E-state index contributed by atoms with van der Waals surface area (Å²) in [6.45, 7) is 3.65. The van der Waals surface area contributed by atoms with Crippen LogP contribution in [0.2, 0.25) is 0 Å². The number of amides is 1. The summed E-state index contributed by atoms with van der Waals surface area (Å²) < 4.78 is 4.74. The van der Waals surface area contributed by atoms with E-state index in [1.165, 1.54) is 0 Å². The number of benzene rings is 3. The Kier molecular flexibility index (Phi) is 4.93. The van der Waals surface area contributed by atoms with Gasteiger partial charge in [-0.25, -0.2) is 4.79 Å². The second-order valence-corrected chi connectivity index (χ2v) is 7.21. The Hall–Kier alpha value is -3.77. The second kappa shape index (κ2) is 7.57. The summed E-state index contributed by atoms with van der Waals surface area (Å²) in [6, 6.07) is 20.8. The minimum atomic E-state index is -1.90. The molecule has 4 rings (SSSR count). The standard InChI is InChI=1S/C24H20N2O4/c1-15-8-10-18(11-9-15)24(29,17-6-4-3-5-7-17)23(28)25-19-12-13-20-21(14-19)16(2)26-30-22(20)27/h3-14,29H,1-2H3,(H,25,28). The lowest BCUT2D eigenvalue weighted by Crippen LogP contribution is -2.41. The van der Waals surface area contributed by atoms with Crippen molar-refractivity contribution in [1.29, 1.82) is 0 Å². The molecule has 1 aromatic heterocycles. The highest BCUT2D eigenvalue weighted by Gasteiger charge is 2.40. The fraction of sp³-hybridized carbons (Fsp3) is 0.125. The van der Waals surface area contributed by atoms with Crippen LogP contribution in [0.5, 0.6) is 0 Å². The normalized spacial score (nSPS) is 13.0. The van der Waals surface area contributed by atoms with E-state index in [1.54, 1.807) is 61.5 Å². The number of nitrogens with zero attached hydrogens (tertiary/aromatic N) is 1. The van der Waals surface area contributed by atoms with Gasteiger partial charge in [-0.2, -0.15) is 0 Å². The summed E-state index contributed by atoms with van der Waals surface area (Å²) in [7, 11) is 0. The maximum atomic E-state index is 13.4. The van der Waals surface area contributed by atoms with Crippen molar-refractivity contribution in [2.75, 3.05) is 5.32 Å². The number of hydrogen-bond donors (Lipinski definition) is 2. The van der Waals surface area contributed by atoms with E-state index in [2.05, 4.69) is 10.5 Å². The van der Waals surface area contributed by atoms with Crippen molar-refractivity contribution in [3.8, 4) is 0 Å². The maximum Gasteiger partial charge on any atom is 0.366 e.